The van der Waals surface area contributed by atoms with Gasteiger partial charge in [0.15, 0.2) is 0 Å². The number of nitrogens with one attached hydrogen (secondary N) is 1. The quantitative estimate of drug-likeness (QED) is 0.845. The molecule has 4 rings (SSSR count). The molecule has 1 atom stereocenters. The van der Waals surface area contributed by atoms with E-state index < -0.39 is 5.92 Å². The fraction of sp³-hybridized carbons (Fsp3) is 0.263. The highest BCUT2D eigenvalue weighted by atomic mass is 16.2. The molecule has 0 bridgehead atoms. The van der Waals surface area contributed by atoms with Crippen molar-refractivity contribution in [3.05, 3.63) is 41.6 Å². The zero-order chi connectivity index (χ0) is 20.7. The highest BCUT2D eigenvalue weighted by Gasteiger charge is 2.35. The van der Waals surface area contributed by atoms with Crippen LogP contribution in [0.5, 0.6) is 0 Å². The molecule has 1 unspecified atom stereocenters. The summed E-state index contributed by atoms with van der Waals surface area (Å²) in [4.78, 5) is 35.4. The molecule has 10 nitrogen and oxygen atoms in total. The van der Waals surface area contributed by atoms with E-state index in [1.165, 1.54) is 15.9 Å². The number of rotatable bonds is 3. The maximum Gasteiger partial charge on any atom is 0.265 e. The Morgan fingerprint density at radius 1 is 1.17 bits per heavy atom. The van der Waals surface area contributed by atoms with E-state index in [4.69, 9.17) is 0 Å². The second kappa shape index (κ2) is 6.97. The molecule has 0 radical (unpaired) electrons. The first-order valence-corrected chi connectivity index (χ1v) is 8.98. The highest BCUT2D eigenvalue weighted by Crippen LogP contribution is 2.20. The fourth-order valence-electron chi connectivity index (χ4n) is 3.04. The molecule has 0 saturated carbocycles. The van der Waals surface area contributed by atoms with Gasteiger partial charge in [-0.15, -0.1) is 0 Å². The van der Waals surface area contributed by atoms with Crippen LogP contribution < -0.4 is 10.2 Å². The molecule has 0 spiro atoms. The number of hydrazone groups is 1. The van der Waals surface area contributed by atoms with E-state index in [1.807, 2.05) is 31.1 Å². The second-order valence-corrected chi connectivity index (χ2v) is 6.96. The summed E-state index contributed by atoms with van der Waals surface area (Å²) in [5.74, 6) is -0.308. The largest absolute Gasteiger partial charge is 0.378 e. The molecule has 10 heteroatoms. The van der Waals surface area contributed by atoms with E-state index in [2.05, 4.69) is 25.5 Å². The Kier molecular flexibility index (Phi) is 4.45. The van der Waals surface area contributed by atoms with Crippen LogP contribution in [0.15, 0.2) is 45.4 Å². The first kappa shape index (κ1) is 18.5. The van der Waals surface area contributed by atoms with Crippen LogP contribution in [0.2, 0.25) is 0 Å². The summed E-state index contributed by atoms with van der Waals surface area (Å²) in [5, 5.41) is 12.8. The summed E-state index contributed by atoms with van der Waals surface area (Å²) in [6.07, 6.45) is 1.51. The number of carbonyl (C=O) groups is 2. The van der Waals surface area contributed by atoms with Gasteiger partial charge in [0.05, 0.1) is 5.69 Å². The monoisotopic (exact) mass is 392 g/mol. The Balaban J connectivity index is 1.61. The van der Waals surface area contributed by atoms with Gasteiger partial charge < -0.3 is 10.2 Å². The van der Waals surface area contributed by atoms with Gasteiger partial charge in [-0.2, -0.15) is 24.9 Å². The second-order valence-electron chi connectivity index (χ2n) is 6.96. The van der Waals surface area contributed by atoms with Crippen LogP contribution in [0.3, 0.4) is 0 Å². The number of carbonyl (C=O) groups excluding carboxylic acids is 2. The van der Waals surface area contributed by atoms with Crippen molar-refractivity contribution in [2.75, 3.05) is 31.4 Å². The normalized spacial score (nSPS) is 17.7. The summed E-state index contributed by atoms with van der Waals surface area (Å²) < 4.78 is 1.36. The van der Waals surface area contributed by atoms with Gasteiger partial charge in [0.1, 0.15) is 17.6 Å². The van der Waals surface area contributed by atoms with Crippen molar-refractivity contribution >= 4 is 41.3 Å². The summed E-state index contributed by atoms with van der Waals surface area (Å²) in [5.41, 5.74) is 2.14. The molecule has 1 aromatic carbocycles. The minimum atomic E-state index is -0.575. The molecule has 2 aromatic rings. The molecule has 2 aliphatic rings. The molecule has 0 aliphatic carbocycles. The van der Waals surface area contributed by atoms with Gasteiger partial charge in [-0.1, -0.05) is 0 Å². The van der Waals surface area contributed by atoms with Gasteiger partial charge in [0, 0.05) is 44.7 Å². The van der Waals surface area contributed by atoms with E-state index in [9.17, 15) is 9.59 Å². The predicted octanol–water partition coefficient (Wildman–Crippen LogP) is 1.20. The number of aromatic nitrogens is 2. The average Bonchev–Trinajstić information content (AvgIpc) is 3.24. The van der Waals surface area contributed by atoms with Crippen LogP contribution in [0.4, 0.5) is 11.5 Å². The van der Waals surface area contributed by atoms with Gasteiger partial charge in [-0.05, 0) is 31.2 Å². The number of benzene rings is 1. The average molecular weight is 392 g/mol. The number of anilines is 2. The van der Waals surface area contributed by atoms with Crippen LogP contribution in [0.25, 0.3) is 0 Å². The van der Waals surface area contributed by atoms with Crippen molar-refractivity contribution in [3.63, 3.8) is 0 Å². The van der Waals surface area contributed by atoms with Gasteiger partial charge in [0.25, 0.3) is 17.8 Å². The van der Waals surface area contributed by atoms with E-state index in [0.717, 1.165) is 5.69 Å². The number of nitrogens with zero attached hydrogens (tertiary/aromatic N) is 7. The fourth-order valence-corrected chi connectivity index (χ4v) is 3.04. The number of aliphatic imine (C=N–C) groups is 2. The van der Waals surface area contributed by atoms with Gasteiger partial charge in [-0.3, -0.25) is 14.6 Å². The molecule has 2 amide bonds. The third-order valence-electron chi connectivity index (χ3n) is 4.60. The lowest BCUT2D eigenvalue weighted by molar-refractivity contribution is -0.118. The van der Waals surface area contributed by atoms with E-state index in [0.29, 0.717) is 22.9 Å². The van der Waals surface area contributed by atoms with Gasteiger partial charge in [-0.25, -0.2) is 0 Å². The summed E-state index contributed by atoms with van der Waals surface area (Å²) >= 11 is 0. The topological polar surface area (TPSA) is 108 Å². The zero-order valence-corrected chi connectivity index (χ0v) is 16.5. The third kappa shape index (κ3) is 3.40. The molecule has 29 heavy (non-hydrogen) atoms. The lowest BCUT2D eigenvalue weighted by atomic mass is 10.1. The van der Waals surface area contributed by atoms with E-state index >= 15 is 0 Å². The van der Waals surface area contributed by atoms with E-state index in [1.54, 1.807) is 32.2 Å². The molecule has 148 valence electrons. The van der Waals surface area contributed by atoms with Crippen molar-refractivity contribution in [3.8, 4) is 0 Å². The maximum absolute atomic E-state index is 12.7. The zero-order valence-electron chi connectivity index (χ0n) is 16.5. The Labute approximate surface area is 167 Å². The molecule has 0 saturated heterocycles. The van der Waals surface area contributed by atoms with Crippen molar-refractivity contribution in [2.24, 2.45) is 21.0 Å². The molecule has 2 aliphatic heterocycles. The number of fused-ring (bicyclic) bond motifs is 1. The van der Waals surface area contributed by atoms with Crippen LogP contribution >= 0.6 is 0 Å². The van der Waals surface area contributed by atoms with Crippen LogP contribution in [0, 0.1) is 12.8 Å². The number of hydrogen-bond acceptors (Lipinski definition) is 7. The molecule has 3 heterocycles. The first-order valence-electron chi connectivity index (χ1n) is 8.98. The molecular weight excluding hydrogens is 372 g/mol. The van der Waals surface area contributed by atoms with Gasteiger partial charge in [0.2, 0.25) is 0 Å². The first-order chi connectivity index (χ1) is 13.8. The number of hydrogen-bond donors (Lipinski definition) is 1. The Morgan fingerprint density at radius 3 is 2.59 bits per heavy atom. The summed E-state index contributed by atoms with van der Waals surface area (Å²) in [6, 6.07) is 8.91. The van der Waals surface area contributed by atoms with Crippen molar-refractivity contribution in [2.45, 2.75) is 6.92 Å². The Morgan fingerprint density at radius 2 is 1.90 bits per heavy atom. The molecule has 1 aromatic heterocycles. The van der Waals surface area contributed by atoms with Crippen molar-refractivity contribution in [1.29, 1.82) is 0 Å². The standard InChI is InChI=1S/C19H20N8O2/c1-11-9-15(21-17(28)12-5-7-13(8-6-12)25(2)3)27(24-11)19-22-16-14(18(29)23-19)10-20-26(16)4/h5-10,14H,1-4H3,(H,21,28). The lowest BCUT2D eigenvalue weighted by Crippen LogP contribution is -2.35. The summed E-state index contributed by atoms with van der Waals surface area (Å²) in [7, 11) is 5.57. The summed E-state index contributed by atoms with van der Waals surface area (Å²) in [6.45, 7) is 1.78. The minimum absolute atomic E-state index is 0.0879. The Hall–Kier alpha value is -3.82. The molecule has 0 fully saturated rings. The molecule has 1 N–H and O–H groups in total. The van der Waals surface area contributed by atoms with Crippen molar-refractivity contribution in [1.82, 2.24) is 14.8 Å². The molecular formula is C19H20N8O2. The van der Waals surface area contributed by atoms with Gasteiger partial charge >= 0.3 is 0 Å². The number of aryl methyl sites for hydroxylation is 1. The van der Waals surface area contributed by atoms with Crippen molar-refractivity contribution < 1.29 is 9.59 Å². The van der Waals surface area contributed by atoms with Crippen LogP contribution in [0.1, 0.15) is 16.1 Å². The maximum atomic E-state index is 12.7. The van der Waals surface area contributed by atoms with Crippen LogP contribution in [-0.2, 0) is 4.79 Å². The minimum Gasteiger partial charge on any atom is -0.378 e. The van der Waals surface area contributed by atoms with Crippen LogP contribution in [-0.4, -0.2) is 65.8 Å². The Bertz CT molecular complexity index is 1080. The highest BCUT2D eigenvalue weighted by molar-refractivity contribution is 6.24. The lowest BCUT2D eigenvalue weighted by Gasteiger charge is -2.17. The number of amidine groups is 1. The van der Waals surface area contributed by atoms with E-state index in [-0.39, 0.29) is 17.8 Å². The SMILES string of the molecule is Cc1cc(NC(=O)c2ccc(N(C)C)cc2)n(C2=NC(=O)C3C=NN(C)C3=N2)n1. The number of amides is 2. The predicted molar refractivity (Wildman–Crippen MR) is 111 cm³/mol. The smallest absolute Gasteiger partial charge is 0.265 e. The third-order valence-corrected chi connectivity index (χ3v) is 4.60.